The van der Waals surface area contributed by atoms with Crippen LogP contribution in [0.15, 0.2) is 60.7 Å². The van der Waals surface area contributed by atoms with Crippen LogP contribution in [0.1, 0.15) is 62.2 Å². The number of carboxylic acid groups (broad SMARTS) is 1. The average molecular weight is 464 g/mol. The molecule has 34 heavy (non-hydrogen) atoms. The van der Waals surface area contributed by atoms with Crippen LogP contribution in [0.5, 0.6) is 0 Å². The van der Waals surface area contributed by atoms with Gasteiger partial charge in [-0.1, -0.05) is 36.4 Å². The van der Waals surface area contributed by atoms with E-state index in [9.17, 15) is 19.2 Å². The van der Waals surface area contributed by atoms with E-state index < -0.39 is 29.5 Å². The highest BCUT2D eigenvalue weighted by Crippen LogP contribution is 2.25. The Hall–Kier alpha value is -4.20. The summed E-state index contributed by atoms with van der Waals surface area (Å²) in [5.74, 6) is -2.54. The molecule has 0 spiro atoms. The highest BCUT2D eigenvalue weighted by atomic mass is 16.6. The number of fused-ring (bicyclic) bond motifs is 3. The van der Waals surface area contributed by atoms with Crippen LogP contribution in [0.4, 0.5) is 0 Å². The van der Waals surface area contributed by atoms with Gasteiger partial charge in [0, 0.05) is 0 Å². The minimum absolute atomic E-state index is 0.0726. The van der Waals surface area contributed by atoms with Crippen molar-refractivity contribution in [1.82, 2.24) is 0 Å². The van der Waals surface area contributed by atoms with E-state index in [4.69, 9.17) is 19.3 Å². The van der Waals surface area contributed by atoms with Gasteiger partial charge in [-0.2, -0.15) is 0 Å². The van der Waals surface area contributed by atoms with Gasteiger partial charge in [-0.3, -0.25) is 0 Å². The predicted molar refractivity (Wildman–Crippen MR) is 123 cm³/mol. The van der Waals surface area contributed by atoms with E-state index in [0.29, 0.717) is 5.39 Å². The number of ether oxygens (including phenoxy) is 3. The molecule has 0 aromatic heterocycles. The minimum atomic E-state index is -1.06. The van der Waals surface area contributed by atoms with Crippen molar-refractivity contribution < 1.29 is 38.5 Å². The van der Waals surface area contributed by atoms with Crippen molar-refractivity contribution in [3.8, 4) is 0 Å². The summed E-state index contributed by atoms with van der Waals surface area (Å²) in [6, 6.07) is 16.5. The van der Waals surface area contributed by atoms with Gasteiger partial charge in [0.25, 0.3) is 0 Å². The van der Waals surface area contributed by atoms with Crippen molar-refractivity contribution >= 4 is 34.6 Å². The molecule has 3 aromatic carbocycles. The van der Waals surface area contributed by atoms with Crippen LogP contribution in [0.25, 0.3) is 10.8 Å². The van der Waals surface area contributed by atoms with E-state index in [0.717, 1.165) is 5.39 Å². The van der Waals surface area contributed by atoms with Crippen LogP contribution >= 0.6 is 0 Å². The summed E-state index contributed by atoms with van der Waals surface area (Å²) >= 11 is 0. The zero-order valence-corrected chi connectivity index (χ0v) is 19.0. The molecule has 0 unspecified atom stereocenters. The molecule has 0 bridgehead atoms. The van der Waals surface area contributed by atoms with E-state index in [2.05, 4.69) is 0 Å². The maximum Gasteiger partial charge on any atom is 0.339 e. The lowest BCUT2D eigenvalue weighted by Gasteiger charge is -2.19. The third kappa shape index (κ3) is 5.98. The summed E-state index contributed by atoms with van der Waals surface area (Å²) < 4.78 is 15.2. The maximum absolute atomic E-state index is 12.0. The van der Waals surface area contributed by atoms with Crippen molar-refractivity contribution in [3.05, 3.63) is 82.9 Å². The Labute approximate surface area is 196 Å². The molecule has 0 amide bonds. The van der Waals surface area contributed by atoms with E-state index in [1.54, 1.807) is 39.0 Å². The van der Waals surface area contributed by atoms with Gasteiger partial charge in [0.1, 0.15) is 18.8 Å². The molecular formula is C26H24O8. The lowest BCUT2D eigenvalue weighted by atomic mass is 9.99. The zero-order valence-electron chi connectivity index (χ0n) is 19.0. The molecule has 3 aromatic rings. The Bertz CT molecular complexity index is 1250. The highest BCUT2D eigenvalue weighted by molar-refractivity contribution is 6.12. The summed E-state index contributed by atoms with van der Waals surface area (Å²) in [5, 5.41) is 10.4. The molecule has 0 atom stereocenters. The molecule has 4 rings (SSSR count). The Morgan fingerprint density at radius 1 is 0.853 bits per heavy atom. The monoisotopic (exact) mass is 464 g/mol. The van der Waals surface area contributed by atoms with Crippen LogP contribution < -0.4 is 0 Å². The van der Waals surface area contributed by atoms with Crippen molar-refractivity contribution in [2.24, 2.45) is 0 Å². The number of esters is 3. The SMILES string of the molecule is CC(C)(C)OC(=O)c1cccc(C(=O)O)c1.O=C1OCCOC(=O)c2c1ccc1ccccc21. The quantitative estimate of drug-likeness (QED) is 0.435. The van der Waals surface area contributed by atoms with Crippen molar-refractivity contribution in [2.45, 2.75) is 26.4 Å². The van der Waals surface area contributed by atoms with Crippen molar-refractivity contribution in [2.75, 3.05) is 13.2 Å². The Kier molecular flexibility index (Phi) is 7.31. The van der Waals surface area contributed by atoms with Crippen LogP contribution in [-0.2, 0) is 14.2 Å². The largest absolute Gasteiger partial charge is 0.478 e. The van der Waals surface area contributed by atoms with E-state index in [1.807, 2.05) is 18.2 Å². The van der Waals surface area contributed by atoms with E-state index in [-0.39, 0.29) is 35.5 Å². The fourth-order valence-corrected chi connectivity index (χ4v) is 3.20. The molecular weight excluding hydrogens is 440 g/mol. The second kappa shape index (κ2) is 10.2. The van der Waals surface area contributed by atoms with Gasteiger partial charge in [-0.15, -0.1) is 0 Å². The van der Waals surface area contributed by atoms with Gasteiger partial charge < -0.3 is 19.3 Å². The Morgan fingerprint density at radius 3 is 2.18 bits per heavy atom. The molecule has 0 saturated carbocycles. The van der Waals surface area contributed by atoms with Crippen LogP contribution in [0.2, 0.25) is 0 Å². The van der Waals surface area contributed by atoms with Gasteiger partial charge >= 0.3 is 23.9 Å². The van der Waals surface area contributed by atoms with Gasteiger partial charge in [0.15, 0.2) is 0 Å². The first-order valence-corrected chi connectivity index (χ1v) is 10.5. The maximum atomic E-state index is 12.0. The molecule has 0 radical (unpaired) electrons. The Morgan fingerprint density at radius 2 is 1.50 bits per heavy atom. The standard InChI is InChI=1S/C14H10O4.C12H14O4/c15-13-11-6-5-9-3-1-2-4-10(9)12(11)14(16)18-8-7-17-13;1-12(2,3)16-11(15)9-6-4-5-8(7-9)10(13)14/h1-6H,7-8H2;4-7H,1-3H3,(H,13,14). The molecule has 8 nitrogen and oxygen atoms in total. The number of cyclic esters (lactones) is 2. The first kappa shape index (κ1) is 24.4. The molecule has 176 valence electrons. The third-order valence-electron chi connectivity index (χ3n) is 4.65. The minimum Gasteiger partial charge on any atom is -0.478 e. The topological polar surface area (TPSA) is 116 Å². The zero-order chi connectivity index (χ0) is 24.9. The number of aromatic carboxylic acids is 1. The van der Waals surface area contributed by atoms with E-state index in [1.165, 1.54) is 24.3 Å². The number of carbonyl (C=O) groups is 4. The lowest BCUT2D eigenvalue weighted by Crippen LogP contribution is -2.24. The second-order valence-corrected chi connectivity index (χ2v) is 8.37. The Balaban J connectivity index is 0.000000192. The van der Waals surface area contributed by atoms with Crippen molar-refractivity contribution in [1.29, 1.82) is 0 Å². The highest BCUT2D eigenvalue weighted by Gasteiger charge is 2.24. The number of hydrogen-bond donors (Lipinski definition) is 1. The smallest absolute Gasteiger partial charge is 0.339 e. The molecule has 0 saturated heterocycles. The summed E-state index contributed by atoms with van der Waals surface area (Å²) in [7, 11) is 0. The molecule has 1 aliphatic rings. The summed E-state index contributed by atoms with van der Waals surface area (Å²) in [6.07, 6.45) is 0. The van der Waals surface area contributed by atoms with Gasteiger partial charge in [-0.25, -0.2) is 19.2 Å². The normalized spacial score (nSPS) is 13.3. The average Bonchev–Trinajstić information content (AvgIpc) is 2.79. The summed E-state index contributed by atoms with van der Waals surface area (Å²) in [6.45, 7) is 5.45. The summed E-state index contributed by atoms with van der Waals surface area (Å²) in [5.41, 5.74) is 0.283. The predicted octanol–water partition coefficient (Wildman–Crippen LogP) is 4.51. The first-order chi connectivity index (χ1) is 16.1. The molecule has 8 heteroatoms. The molecule has 0 fully saturated rings. The van der Waals surface area contributed by atoms with Crippen molar-refractivity contribution in [3.63, 3.8) is 0 Å². The summed E-state index contributed by atoms with van der Waals surface area (Å²) in [4.78, 5) is 46.1. The molecule has 1 aliphatic heterocycles. The van der Waals surface area contributed by atoms with Crippen LogP contribution in [0, 0.1) is 0 Å². The number of carboxylic acids is 1. The number of carbonyl (C=O) groups excluding carboxylic acids is 3. The van der Waals surface area contributed by atoms with Gasteiger partial charge in [0.2, 0.25) is 0 Å². The number of rotatable bonds is 2. The van der Waals surface area contributed by atoms with Gasteiger partial charge in [-0.05, 0) is 55.8 Å². The number of hydrogen-bond acceptors (Lipinski definition) is 7. The fraction of sp³-hybridized carbons (Fsp3) is 0.231. The molecule has 1 N–H and O–H groups in total. The molecule has 0 aliphatic carbocycles. The van der Waals surface area contributed by atoms with Crippen LogP contribution in [-0.4, -0.2) is 47.8 Å². The van der Waals surface area contributed by atoms with E-state index >= 15 is 0 Å². The molecule has 1 heterocycles. The number of benzene rings is 3. The lowest BCUT2D eigenvalue weighted by molar-refractivity contribution is 0.00691. The third-order valence-corrected chi connectivity index (χ3v) is 4.65. The first-order valence-electron chi connectivity index (χ1n) is 10.5. The van der Waals surface area contributed by atoms with Crippen LogP contribution in [0.3, 0.4) is 0 Å². The fourth-order valence-electron chi connectivity index (χ4n) is 3.20. The van der Waals surface area contributed by atoms with Gasteiger partial charge in [0.05, 0.1) is 22.3 Å². The second-order valence-electron chi connectivity index (χ2n) is 8.37.